The van der Waals surface area contributed by atoms with Gasteiger partial charge in [0.25, 0.3) is 0 Å². The topological polar surface area (TPSA) is 97.3 Å². The van der Waals surface area contributed by atoms with Crippen molar-refractivity contribution in [1.82, 2.24) is 29.7 Å². The van der Waals surface area contributed by atoms with Gasteiger partial charge in [0.2, 0.25) is 11.3 Å². The number of piperidine rings is 1. The summed E-state index contributed by atoms with van der Waals surface area (Å²) in [6, 6.07) is 5.99. The van der Waals surface area contributed by atoms with Crippen LogP contribution in [-0.4, -0.2) is 49.3 Å². The maximum absolute atomic E-state index is 4.79. The Bertz CT molecular complexity index is 1030. The second-order valence-electron chi connectivity index (χ2n) is 6.73. The maximum Gasteiger partial charge on any atom is 0.245 e. The van der Waals surface area contributed by atoms with Crippen molar-refractivity contribution < 1.29 is 4.63 Å². The lowest BCUT2D eigenvalue weighted by Crippen LogP contribution is -2.31. The molecule has 1 aliphatic heterocycles. The van der Waals surface area contributed by atoms with Crippen LogP contribution in [0.4, 0.5) is 11.6 Å². The third kappa shape index (κ3) is 3.16. The molecule has 9 nitrogen and oxygen atoms in total. The SMILES string of the molecule is c1ccn2cc(CCNc3nc4nonc4nc3N3CCCCC3)nc2c1. The van der Waals surface area contributed by atoms with Crippen LogP contribution in [0.1, 0.15) is 25.0 Å². The van der Waals surface area contributed by atoms with Gasteiger partial charge in [0.15, 0.2) is 11.6 Å². The van der Waals surface area contributed by atoms with E-state index < -0.39 is 0 Å². The lowest BCUT2D eigenvalue weighted by atomic mass is 10.1. The second-order valence-corrected chi connectivity index (χ2v) is 6.73. The van der Waals surface area contributed by atoms with Crippen LogP contribution in [0.3, 0.4) is 0 Å². The van der Waals surface area contributed by atoms with Crippen LogP contribution in [0.25, 0.3) is 16.9 Å². The molecule has 0 radical (unpaired) electrons. The lowest BCUT2D eigenvalue weighted by Gasteiger charge is -2.28. The van der Waals surface area contributed by atoms with Crippen molar-refractivity contribution in [3.63, 3.8) is 0 Å². The standard InChI is InChI=1S/C18H20N8O/c1-3-9-25(10-4-1)18-17(21-15-16(22-18)24-27-23-15)19-8-7-13-12-26-11-5-2-6-14(26)20-13/h2,5-6,11-12H,1,3-4,7-10H2,(H,19,21,23). The molecule has 4 aromatic rings. The molecular weight excluding hydrogens is 344 g/mol. The molecule has 1 aliphatic rings. The van der Waals surface area contributed by atoms with Gasteiger partial charge >= 0.3 is 0 Å². The van der Waals surface area contributed by atoms with Gasteiger partial charge in [0.05, 0.1) is 5.69 Å². The molecule has 5 heterocycles. The van der Waals surface area contributed by atoms with Crippen LogP contribution in [-0.2, 0) is 6.42 Å². The predicted molar refractivity (Wildman–Crippen MR) is 101 cm³/mol. The first-order valence-electron chi connectivity index (χ1n) is 9.28. The predicted octanol–water partition coefficient (Wildman–Crippen LogP) is 2.31. The summed E-state index contributed by atoms with van der Waals surface area (Å²) in [5.74, 6) is 1.55. The average Bonchev–Trinajstić information content (AvgIpc) is 3.33. The highest BCUT2D eigenvalue weighted by Gasteiger charge is 2.20. The van der Waals surface area contributed by atoms with Crippen LogP contribution in [0, 0.1) is 0 Å². The Hall–Kier alpha value is -3.23. The zero-order valence-electron chi connectivity index (χ0n) is 14.9. The minimum absolute atomic E-state index is 0.422. The highest BCUT2D eigenvalue weighted by atomic mass is 16.6. The Morgan fingerprint density at radius 3 is 2.70 bits per heavy atom. The normalized spacial score (nSPS) is 14.9. The summed E-state index contributed by atoms with van der Waals surface area (Å²) in [4.78, 5) is 16.1. The molecule has 0 atom stereocenters. The van der Waals surface area contributed by atoms with E-state index in [1.807, 2.05) is 28.8 Å². The first-order valence-corrected chi connectivity index (χ1v) is 9.28. The summed E-state index contributed by atoms with van der Waals surface area (Å²) < 4.78 is 6.81. The molecular formula is C18H20N8O. The summed E-state index contributed by atoms with van der Waals surface area (Å²) in [5, 5.41) is 11.1. The molecule has 5 rings (SSSR count). The van der Waals surface area contributed by atoms with Crippen molar-refractivity contribution in [2.75, 3.05) is 29.9 Å². The minimum atomic E-state index is 0.422. The Labute approximate surface area is 155 Å². The zero-order chi connectivity index (χ0) is 18.1. The molecule has 0 saturated carbocycles. The Morgan fingerprint density at radius 2 is 1.85 bits per heavy atom. The Balaban J connectivity index is 1.36. The number of nitrogens with zero attached hydrogens (tertiary/aromatic N) is 7. The van der Waals surface area contributed by atoms with E-state index in [1.54, 1.807) is 0 Å². The fraction of sp³-hybridized carbons (Fsp3) is 0.389. The van der Waals surface area contributed by atoms with Gasteiger partial charge in [0, 0.05) is 38.4 Å². The quantitative estimate of drug-likeness (QED) is 0.576. The van der Waals surface area contributed by atoms with E-state index in [0.717, 1.165) is 55.3 Å². The number of fused-ring (bicyclic) bond motifs is 2. The largest absolute Gasteiger partial charge is 0.367 e. The van der Waals surface area contributed by atoms with Crippen molar-refractivity contribution >= 4 is 28.6 Å². The van der Waals surface area contributed by atoms with Gasteiger partial charge in [-0.25, -0.2) is 19.6 Å². The van der Waals surface area contributed by atoms with Gasteiger partial charge in [-0.2, -0.15) is 0 Å². The molecule has 9 heteroatoms. The number of nitrogens with one attached hydrogen (secondary N) is 1. The smallest absolute Gasteiger partial charge is 0.245 e. The molecule has 0 bridgehead atoms. The molecule has 1 saturated heterocycles. The number of rotatable bonds is 5. The summed E-state index contributed by atoms with van der Waals surface area (Å²) >= 11 is 0. The monoisotopic (exact) mass is 364 g/mol. The fourth-order valence-corrected chi connectivity index (χ4v) is 3.49. The van der Waals surface area contributed by atoms with Gasteiger partial charge in [-0.15, -0.1) is 0 Å². The van der Waals surface area contributed by atoms with Crippen LogP contribution in [0.5, 0.6) is 0 Å². The Morgan fingerprint density at radius 1 is 1.00 bits per heavy atom. The van der Waals surface area contributed by atoms with Crippen molar-refractivity contribution in [2.24, 2.45) is 0 Å². The molecule has 4 aromatic heterocycles. The third-order valence-corrected chi connectivity index (χ3v) is 4.84. The van der Waals surface area contributed by atoms with Crippen LogP contribution < -0.4 is 10.2 Å². The van der Waals surface area contributed by atoms with Gasteiger partial charge in [-0.3, -0.25) is 0 Å². The van der Waals surface area contributed by atoms with E-state index in [1.165, 1.54) is 6.42 Å². The molecule has 0 aliphatic carbocycles. The molecule has 1 N–H and O–H groups in total. The zero-order valence-corrected chi connectivity index (χ0v) is 14.9. The second kappa shape index (κ2) is 6.82. The number of anilines is 2. The van der Waals surface area contributed by atoms with E-state index in [-0.39, 0.29) is 0 Å². The average molecular weight is 364 g/mol. The maximum atomic E-state index is 4.79. The molecule has 0 spiro atoms. The number of pyridine rings is 1. The summed E-state index contributed by atoms with van der Waals surface area (Å²) in [7, 11) is 0. The molecule has 138 valence electrons. The molecule has 0 aromatic carbocycles. The number of aromatic nitrogens is 6. The van der Waals surface area contributed by atoms with Crippen LogP contribution in [0.15, 0.2) is 35.2 Å². The van der Waals surface area contributed by atoms with Crippen molar-refractivity contribution in [2.45, 2.75) is 25.7 Å². The minimum Gasteiger partial charge on any atom is -0.367 e. The summed E-state index contributed by atoms with van der Waals surface area (Å²) in [5.41, 5.74) is 2.86. The number of hydrogen-bond donors (Lipinski definition) is 1. The van der Waals surface area contributed by atoms with Gasteiger partial charge < -0.3 is 14.6 Å². The van der Waals surface area contributed by atoms with E-state index in [2.05, 4.69) is 41.7 Å². The van der Waals surface area contributed by atoms with E-state index in [0.29, 0.717) is 17.8 Å². The van der Waals surface area contributed by atoms with Crippen LogP contribution in [0.2, 0.25) is 0 Å². The third-order valence-electron chi connectivity index (χ3n) is 4.84. The highest BCUT2D eigenvalue weighted by molar-refractivity contribution is 5.74. The van der Waals surface area contributed by atoms with Crippen LogP contribution >= 0.6 is 0 Å². The molecule has 0 amide bonds. The van der Waals surface area contributed by atoms with Gasteiger partial charge in [-0.05, 0) is 41.7 Å². The highest BCUT2D eigenvalue weighted by Crippen LogP contribution is 2.26. The first kappa shape index (κ1) is 16.0. The van der Waals surface area contributed by atoms with E-state index in [9.17, 15) is 0 Å². The first-order chi connectivity index (χ1) is 13.4. The summed E-state index contributed by atoms with van der Waals surface area (Å²) in [6.45, 7) is 2.66. The fourth-order valence-electron chi connectivity index (χ4n) is 3.49. The Kier molecular flexibility index (Phi) is 4.04. The van der Waals surface area contributed by atoms with E-state index >= 15 is 0 Å². The molecule has 0 unspecified atom stereocenters. The number of hydrogen-bond acceptors (Lipinski definition) is 8. The van der Waals surface area contributed by atoms with Gasteiger partial charge in [-0.1, -0.05) is 6.07 Å². The molecule has 27 heavy (non-hydrogen) atoms. The lowest BCUT2D eigenvalue weighted by molar-refractivity contribution is 0.314. The summed E-state index contributed by atoms with van der Waals surface area (Å²) in [6.07, 6.45) is 8.44. The van der Waals surface area contributed by atoms with Crippen molar-refractivity contribution in [3.8, 4) is 0 Å². The van der Waals surface area contributed by atoms with Gasteiger partial charge in [0.1, 0.15) is 5.65 Å². The number of imidazole rings is 1. The van der Waals surface area contributed by atoms with Crippen molar-refractivity contribution in [1.29, 1.82) is 0 Å². The molecule has 1 fully saturated rings. The van der Waals surface area contributed by atoms with Crippen molar-refractivity contribution in [3.05, 3.63) is 36.3 Å². The van der Waals surface area contributed by atoms with E-state index in [4.69, 9.17) is 4.63 Å².